The van der Waals surface area contributed by atoms with Gasteiger partial charge in [0, 0.05) is 29.4 Å². The first kappa shape index (κ1) is 17.6. The SMILES string of the molecule is C[Si](C)(C)CCOC(CCl)OCC[Si](C)(C)C. The third kappa shape index (κ3) is 12.9. The summed E-state index contributed by atoms with van der Waals surface area (Å²) in [6, 6.07) is 2.33. The molecule has 0 atom stereocenters. The van der Waals surface area contributed by atoms with Crippen LogP contribution in [-0.4, -0.2) is 41.5 Å². The molecule has 0 aromatic carbocycles. The molecule has 0 spiro atoms. The van der Waals surface area contributed by atoms with Crippen LogP contribution in [0.5, 0.6) is 0 Å². The lowest BCUT2D eigenvalue weighted by Gasteiger charge is -2.21. The molecule has 0 aliphatic heterocycles. The molecule has 0 amide bonds. The fraction of sp³-hybridized carbons (Fsp3) is 1.00. The molecule has 0 radical (unpaired) electrons. The predicted molar refractivity (Wildman–Crippen MR) is 82.7 cm³/mol. The van der Waals surface area contributed by atoms with Gasteiger partial charge in [0.1, 0.15) is 0 Å². The summed E-state index contributed by atoms with van der Waals surface area (Å²) in [5.41, 5.74) is 0. The summed E-state index contributed by atoms with van der Waals surface area (Å²) >= 11 is 5.84. The van der Waals surface area contributed by atoms with E-state index in [9.17, 15) is 0 Å². The highest BCUT2D eigenvalue weighted by Gasteiger charge is 2.17. The Morgan fingerprint density at radius 3 is 1.41 bits per heavy atom. The predicted octanol–water partition coefficient (Wildman–Crippen LogP) is 4.26. The summed E-state index contributed by atoms with van der Waals surface area (Å²) < 4.78 is 11.4. The second kappa shape index (κ2) is 7.94. The highest BCUT2D eigenvalue weighted by Crippen LogP contribution is 2.12. The van der Waals surface area contributed by atoms with Gasteiger partial charge in [-0.05, 0) is 12.1 Å². The van der Waals surface area contributed by atoms with Gasteiger partial charge in [0.15, 0.2) is 6.29 Å². The van der Waals surface area contributed by atoms with Crippen molar-refractivity contribution in [3.63, 3.8) is 0 Å². The molecule has 0 bridgehead atoms. The molecule has 104 valence electrons. The second-order valence-corrected chi connectivity index (χ2v) is 18.5. The topological polar surface area (TPSA) is 18.5 Å². The van der Waals surface area contributed by atoms with E-state index in [2.05, 4.69) is 39.3 Å². The molecule has 0 fully saturated rings. The third-order valence-electron chi connectivity index (χ3n) is 2.44. The van der Waals surface area contributed by atoms with Crippen LogP contribution >= 0.6 is 11.6 Å². The van der Waals surface area contributed by atoms with E-state index in [4.69, 9.17) is 21.1 Å². The molecule has 0 aliphatic carbocycles. The second-order valence-electron chi connectivity index (χ2n) is 6.95. The van der Waals surface area contributed by atoms with Crippen LogP contribution in [0.2, 0.25) is 51.4 Å². The van der Waals surface area contributed by atoms with Crippen molar-refractivity contribution >= 4 is 27.7 Å². The zero-order chi connectivity index (χ0) is 13.5. The van der Waals surface area contributed by atoms with Gasteiger partial charge in [-0.3, -0.25) is 0 Å². The van der Waals surface area contributed by atoms with Crippen molar-refractivity contribution in [2.45, 2.75) is 57.7 Å². The van der Waals surface area contributed by atoms with Crippen LogP contribution in [0.15, 0.2) is 0 Å². The minimum atomic E-state index is -1.01. The van der Waals surface area contributed by atoms with E-state index < -0.39 is 16.1 Å². The quantitative estimate of drug-likeness (QED) is 0.359. The molecule has 0 N–H and O–H groups in total. The number of hydrogen-bond donors (Lipinski definition) is 0. The van der Waals surface area contributed by atoms with Crippen molar-refractivity contribution in [3.05, 3.63) is 0 Å². The van der Waals surface area contributed by atoms with Crippen LogP contribution in [0.3, 0.4) is 0 Å². The molecular formula is C12H29ClO2Si2. The molecule has 0 rings (SSSR count). The Bertz CT molecular complexity index is 180. The van der Waals surface area contributed by atoms with Crippen molar-refractivity contribution in [2.24, 2.45) is 0 Å². The normalized spacial score (nSPS) is 13.4. The van der Waals surface area contributed by atoms with Crippen LogP contribution in [0.25, 0.3) is 0 Å². The van der Waals surface area contributed by atoms with E-state index in [1.54, 1.807) is 0 Å². The monoisotopic (exact) mass is 296 g/mol. The minimum absolute atomic E-state index is 0.218. The standard InChI is InChI=1S/C12H29ClO2Si2/c1-16(2,3)9-7-14-12(11-13)15-8-10-17(4,5)6/h12H,7-11H2,1-6H3. The van der Waals surface area contributed by atoms with Gasteiger partial charge in [-0.25, -0.2) is 0 Å². The molecule has 5 heteroatoms. The smallest absolute Gasteiger partial charge is 0.170 e. The average Bonchev–Trinajstić information content (AvgIpc) is 2.11. The van der Waals surface area contributed by atoms with E-state index in [1.807, 2.05) is 0 Å². The van der Waals surface area contributed by atoms with Gasteiger partial charge in [0.25, 0.3) is 0 Å². The Balaban J connectivity index is 3.70. The zero-order valence-corrected chi connectivity index (χ0v) is 15.1. The van der Waals surface area contributed by atoms with E-state index in [0.29, 0.717) is 5.88 Å². The molecule has 0 aromatic heterocycles. The van der Waals surface area contributed by atoms with Crippen molar-refractivity contribution in [2.75, 3.05) is 19.1 Å². The molecular weight excluding hydrogens is 268 g/mol. The summed E-state index contributed by atoms with van der Waals surface area (Å²) in [6.07, 6.45) is -0.218. The summed E-state index contributed by atoms with van der Waals surface area (Å²) in [5.74, 6) is 0.428. The van der Waals surface area contributed by atoms with Crippen molar-refractivity contribution < 1.29 is 9.47 Å². The molecule has 0 saturated carbocycles. The van der Waals surface area contributed by atoms with E-state index in [1.165, 1.54) is 0 Å². The van der Waals surface area contributed by atoms with Crippen LogP contribution in [0.1, 0.15) is 0 Å². The van der Waals surface area contributed by atoms with Gasteiger partial charge in [0.2, 0.25) is 0 Å². The van der Waals surface area contributed by atoms with Gasteiger partial charge in [-0.2, -0.15) is 0 Å². The summed E-state index contributed by atoms with van der Waals surface area (Å²) in [4.78, 5) is 0. The first-order chi connectivity index (χ1) is 7.64. The first-order valence-electron chi connectivity index (χ1n) is 6.43. The summed E-state index contributed by atoms with van der Waals surface area (Å²) in [7, 11) is -2.03. The van der Waals surface area contributed by atoms with Gasteiger partial charge >= 0.3 is 0 Å². The summed E-state index contributed by atoms with van der Waals surface area (Å²) in [6.45, 7) is 15.6. The largest absolute Gasteiger partial charge is 0.352 e. The van der Waals surface area contributed by atoms with Crippen LogP contribution < -0.4 is 0 Å². The maximum atomic E-state index is 5.84. The number of rotatable bonds is 9. The number of alkyl halides is 1. The van der Waals surface area contributed by atoms with E-state index >= 15 is 0 Å². The maximum Gasteiger partial charge on any atom is 0.170 e. The number of hydrogen-bond acceptors (Lipinski definition) is 2. The maximum absolute atomic E-state index is 5.84. The van der Waals surface area contributed by atoms with Gasteiger partial charge < -0.3 is 9.47 Å². The van der Waals surface area contributed by atoms with E-state index in [0.717, 1.165) is 25.3 Å². The fourth-order valence-electron chi connectivity index (χ4n) is 1.13. The molecule has 2 nitrogen and oxygen atoms in total. The lowest BCUT2D eigenvalue weighted by molar-refractivity contribution is -0.121. The van der Waals surface area contributed by atoms with E-state index in [-0.39, 0.29) is 6.29 Å². The molecule has 17 heavy (non-hydrogen) atoms. The molecule has 0 aromatic rings. The lowest BCUT2D eigenvalue weighted by atomic mass is 10.7. The lowest BCUT2D eigenvalue weighted by Crippen LogP contribution is -2.28. The van der Waals surface area contributed by atoms with Crippen molar-refractivity contribution in [1.82, 2.24) is 0 Å². The average molecular weight is 297 g/mol. The van der Waals surface area contributed by atoms with Crippen LogP contribution in [-0.2, 0) is 9.47 Å². The Morgan fingerprint density at radius 1 is 0.824 bits per heavy atom. The minimum Gasteiger partial charge on any atom is -0.352 e. The number of ether oxygens (including phenoxy) is 2. The zero-order valence-electron chi connectivity index (χ0n) is 12.3. The first-order valence-corrected chi connectivity index (χ1v) is 14.4. The van der Waals surface area contributed by atoms with Crippen LogP contribution in [0, 0.1) is 0 Å². The Kier molecular flexibility index (Phi) is 8.24. The third-order valence-corrected chi connectivity index (χ3v) is 6.10. The van der Waals surface area contributed by atoms with Crippen LogP contribution in [0.4, 0.5) is 0 Å². The molecule has 0 aliphatic rings. The molecule has 0 unspecified atom stereocenters. The highest BCUT2D eigenvalue weighted by atomic mass is 35.5. The van der Waals surface area contributed by atoms with Gasteiger partial charge in [0.05, 0.1) is 5.88 Å². The Morgan fingerprint density at radius 2 is 1.18 bits per heavy atom. The molecule has 0 saturated heterocycles. The highest BCUT2D eigenvalue weighted by molar-refractivity contribution is 6.76. The van der Waals surface area contributed by atoms with Gasteiger partial charge in [-0.15, -0.1) is 11.6 Å². The van der Waals surface area contributed by atoms with Gasteiger partial charge in [-0.1, -0.05) is 39.3 Å². The summed E-state index contributed by atoms with van der Waals surface area (Å²) in [5, 5.41) is 0. The fourth-order valence-corrected chi connectivity index (χ4v) is 2.77. The van der Waals surface area contributed by atoms with Crippen molar-refractivity contribution in [1.29, 1.82) is 0 Å². The Hall–Kier alpha value is 0.644. The van der Waals surface area contributed by atoms with Crippen molar-refractivity contribution in [3.8, 4) is 0 Å². The molecule has 0 heterocycles. The Labute approximate surface area is 114 Å². The number of halogens is 1.